The Balaban J connectivity index is 2.02. The lowest BCUT2D eigenvalue weighted by molar-refractivity contribution is -0.219. The molecule has 40 heavy (non-hydrogen) atoms. The lowest BCUT2D eigenvalue weighted by Crippen LogP contribution is -2.43. The molecule has 8 heteroatoms. The number of hydrogen-bond donors (Lipinski definition) is 0. The van der Waals surface area contributed by atoms with Crippen molar-refractivity contribution in [3.63, 3.8) is 0 Å². The van der Waals surface area contributed by atoms with E-state index in [0.717, 1.165) is 16.7 Å². The first-order chi connectivity index (χ1) is 19.2. The largest absolute Gasteiger partial charge is 0.466 e. The summed E-state index contributed by atoms with van der Waals surface area (Å²) >= 11 is 0. The van der Waals surface area contributed by atoms with Crippen LogP contribution >= 0.6 is 0 Å². The van der Waals surface area contributed by atoms with Gasteiger partial charge in [-0.3, -0.25) is 14.4 Å². The minimum atomic E-state index is -1.07. The highest BCUT2D eigenvalue weighted by Gasteiger charge is 2.39. The van der Waals surface area contributed by atoms with Crippen LogP contribution in [0.2, 0.25) is 0 Å². The Kier molecular flexibility index (Phi) is 11.4. The van der Waals surface area contributed by atoms with Gasteiger partial charge < -0.3 is 23.7 Å². The lowest BCUT2D eigenvalue weighted by atomic mass is 9.80. The van der Waals surface area contributed by atoms with E-state index < -0.39 is 42.0 Å². The third-order valence-electron chi connectivity index (χ3n) is 6.16. The maximum absolute atomic E-state index is 11.9. The molecule has 0 amide bonds. The summed E-state index contributed by atoms with van der Waals surface area (Å²) in [6.07, 6.45) is -2.59. The first-order valence-electron chi connectivity index (χ1n) is 13.2. The van der Waals surface area contributed by atoms with E-state index in [1.807, 2.05) is 91.0 Å². The molecule has 3 rings (SSSR count). The fourth-order valence-electron chi connectivity index (χ4n) is 4.43. The highest BCUT2D eigenvalue weighted by atomic mass is 16.7. The van der Waals surface area contributed by atoms with Crippen LogP contribution in [-0.4, -0.2) is 49.6 Å². The van der Waals surface area contributed by atoms with Gasteiger partial charge in [0.1, 0.15) is 17.8 Å². The predicted molar refractivity (Wildman–Crippen MR) is 148 cm³/mol. The second-order valence-electron chi connectivity index (χ2n) is 9.25. The van der Waals surface area contributed by atoms with Gasteiger partial charge in [-0.1, -0.05) is 91.0 Å². The molecule has 0 saturated carbocycles. The quantitative estimate of drug-likeness (QED) is 0.118. The molecule has 0 heterocycles. The third kappa shape index (κ3) is 8.49. The number of ether oxygens (including phenoxy) is 5. The number of benzene rings is 3. The monoisotopic (exact) mass is 548 g/mol. The van der Waals surface area contributed by atoms with Crippen LogP contribution < -0.4 is 0 Å². The van der Waals surface area contributed by atoms with Gasteiger partial charge in [0.15, 0.2) is 0 Å². The van der Waals surface area contributed by atoms with Gasteiger partial charge in [0.05, 0.1) is 13.2 Å². The number of esters is 3. The molecule has 0 fully saturated rings. The molecule has 3 aromatic carbocycles. The maximum atomic E-state index is 11.9. The molecule has 0 aliphatic heterocycles. The first kappa shape index (κ1) is 30.5. The van der Waals surface area contributed by atoms with Crippen LogP contribution in [0.3, 0.4) is 0 Å². The lowest BCUT2D eigenvalue weighted by Gasteiger charge is -2.38. The SMILES string of the molecule is CC(=O)OCCC(OC(C)=O)OC(COC(c1ccccc1)(c1ccccc1)c1ccccc1)[C@H](C)OC(C)=O. The van der Waals surface area contributed by atoms with Crippen LogP contribution in [0.1, 0.15) is 50.8 Å². The summed E-state index contributed by atoms with van der Waals surface area (Å²) in [5.74, 6) is -1.53. The Labute approximate surface area is 235 Å². The molecule has 0 bridgehead atoms. The summed E-state index contributed by atoms with van der Waals surface area (Å²) in [5.41, 5.74) is 1.61. The highest BCUT2D eigenvalue weighted by Crippen LogP contribution is 2.40. The van der Waals surface area contributed by atoms with Crippen LogP contribution in [0.4, 0.5) is 0 Å². The Morgan fingerprint density at radius 3 is 1.52 bits per heavy atom. The van der Waals surface area contributed by atoms with Gasteiger partial charge in [0.25, 0.3) is 0 Å². The zero-order valence-corrected chi connectivity index (χ0v) is 23.3. The molecule has 8 nitrogen and oxygen atoms in total. The number of carbonyl (C=O) groups excluding carboxylic acids is 3. The van der Waals surface area contributed by atoms with Gasteiger partial charge in [-0.25, -0.2) is 0 Å². The number of carbonyl (C=O) groups is 3. The van der Waals surface area contributed by atoms with Crippen molar-refractivity contribution in [2.45, 2.75) is 58.2 Å². The van der Waals surface area contributed by atoms with Gasteiger partial charge in [-0.05, 0) is 23.6 Å². The zero-order chi connectivity index (χ0) is 29.0. The molecular formula is C32H36O8. The zero-order valence-electron chi connectivity index (χ0n) is 23.3. The average Bonchev–Trinajstić information content (AvgIpc) is 2.93. The van der Waals surface area contributed by atoms with Crippen molar-refractivity contribution in [3.05, 3.63) is 108 Å². The van der Waals surface area contributed by atoms with Gasteiger partial charge >= 0.3 is 17.9 Å². The summed E-state index contributed by atoms with van der Waals surface area (Å²) in [6.45, 7) is 5.47. The second-order valence-corrected chi connectivity index (χ2v) is 9.25. The minimum absolute atomic E-state index is 0.0230. The Morgan fingerprint density at radius 2 is 1.12 bits per heavy atom. The molecule has 0 spiro atoms. The second kappa shape index (κ2) is 15.0. The van der Waals surface area contributed by atoms with Crippen molar-refractivity contribution in [2.75, 3.05) is 13.2 Å². The van der Waals surface area contributed by atoms with E-state index in [-0.39, 0.29) is 19.6 Å². The van der Waals surface area contributed by atoms with E-state index in [4.69, 9.17) is 23.7 Å². The summed E-state index contributed by atoms with van der Waals surface area (Å²) < 4.78 is 28.9. The molecule has 0 aliphatic carbocycles. The van der Waals surface area contributed by atoms with E-state index in [1.165, 1.54) is 20.8 Å². The highest BCUT2D eigenvalue weighted by molar-refractivity contribution is 5.66. The normalized spacial score (nSPS) is 13.5. The van der Waals surface area contributed by atoms with Crippen LogP contribution in [0, 0.1) is 0 Å². The van der Waals surface area contributed by atoms with Crippen molar-refractivity contribution in [3.8, 4) is 0 Å². The number of hydrogen-bond acceptors (Lipinski definition) is 8. The Bertz CT molecular complexity index is 1120. The minimum Gasteiger partial charge on any atom is -0.466 e. The summed E-state index contributed by atoms with van der Waals surface area (Å²) in [6, 6.07) is 29.4. The fourth-order valence-corrected chi connectivity index (χ4v) is 4.43. The molecule has 0 aliphatic rings. The smallest absolute Gasteiger partial charge is 0.304 e. The van der Waals surface area contributed by atoms with E-state index in [2.05, 4.69) is 0 Å². The van der Waals surface area contributed by atoms with Gasteiger partial charge in [0.2, 0.25) is 6.29 Å². The molecule has 212 valence electrons. The maximum Gasteiger partial charge on any atom is 0.304 e. The molecule has 0 N–H and O–H groups in total. The van der Waals surface area contributed by atoms with Crippen LogP contribution in [-0.2, 0) is 43.7 Å². The predicted octanol–water partition coefficient (Wildman–Crippen LogP) is 5.17. The van der Waals surface area contributed by atoms with Gasteiger partial charge in [0, 0.05) is 27.2 Å². The van der Waals surface area contributed by atoms with Gasteiger partial charge in [-0.15, -0.1) is 0 Å². The number of rotatable bonds is 14. The third-order valence-corrected chi connectivity index (χ3v) is 6.16. The van der Waals surface area contributed by atoms with E-state index >= 15 is 0 Å². The van der Waals surface area contributed by atoms with Crippen LogP contribution in [0.5, 0.6) is 0 Å². The molecule has 3 atom stereocenters. The molecular weight excluding hydrogens is 512 g/mol. The van der Waals surface area contributed by atoms with Crippen molar-refractivity contribution >= 4 is 17.9 Å². The van der Waals surface area contributed by atoms with Crippen LogP contribution in [0.15, 0.2) is 91.0 Å². The van der Waals surface area contributed by atoms with Crippen molar-refractivity contribution in [1.82, 2.24) is 0 Å². The van der Waals surface area contributed by atoms with Gasteiger partial charge in [-0.2, -0.15) is 0 Å². The summed E-state index contributed by atoms with van der Waals surface area (Å²) in [7, 11) is 0. The fraction of sp³-hybridized carbons (Fsp3) is 0.344. The molecule has 3 aromatic rings. The topological polar surface area (TPSA) is 97.4 Å². The standard InChI is InChI=1S/C32H36O8/c1-23(38-25(3)34)30(40-31(39-26(4)35)20-21-36-24(2)33)22-37-32(27-14-8-5-9-15-27,28-16-10-6-11-17-28)29-18-12-7-13-19-29/h5-19,23,30-31H,20-22H2,1-4H3/t23-,30?,31?/m0/s1. The summed E-state index contributed by atoms with van der Waals surface area (Å²) in [5, 5.41) is 0. The molecule has 0 aromatic heterocycles. The first-order valence-corrected chi connectivity index (χ1v) is 13.2. The molecule has 0 radical (unpaired) electrons. The Morgan fingerprint density at radius 1 is 0.675 bits per heavy atom. The average molecular weight is 549 g/mol. The van der Waals surface area contributed by atoms with E-state index in [9.17, 15) is 14.4 Å². The summed E-state index contributed by atoms with van der Waals surface area (Å²) in [4.78, 5) is 35.0. The molecule has 0 saturated heterocycles. The van der Waals surface area contributed by atoms with Crippen LogP contribution in [0.25, 0.3) is 0 Å². The van der Waals surface area contributed by atoms with E-state index in [0.29, 0.717) is 0 Å². The van der Waals surface area contributed by atoms with Crippen molar-refractivity contribution in [1.29, 1.82) is 0 Å². The molecule has 2 unspecified atom stereocenters. The van der Waals surface area contributed by atoms with E-state index in [1.54, 1.807) is 6.92 Å². The van der Waals surface area contributed by atoms with Crippen molar-refractivity contribution < 1.29 is 38.1 Å². The van der Waals surface area contributed by atoms with Crippen molar-refractivity contribution in [2.24, 2.45) is 0 Å². The Hall–Kier alpha value is -4.01.